The summed E-state index contributed by atoms with van der Waals surface area (Å²) in [5.74, 6) is 1.03. The third-order valence-electron chi connectivity index (χ3n) is 2.32. The largest absolute Gasteiger partial charge is 0.378 e. The molecule has 0 bridgehead atoms. The van der Waals surface area contributed by atoms with Gasteiger partial charge in [0.05, 0.1) is 6.10 Å². The maximum absolute atomic E-state index is 5.79. The highest BCUT2D eigenvalue weighted by molar-refractivity contribution is 14.0. The highest BCUT2D eigenvalue weighted by Crippen LogP contribution is 2.10. The lowest BCUT2D eigenvalue weighted by molar-refractivity contribution is 0.0266. The van der Waals surface area contributed by atoms with Gasteiger partial charge in [0, 0.05) is 18.7 Å². The molecule has 110 valence electrons. The molecule has 18 heavy (non-hydrogen) atoms. The zero-order valence-electron chi connectivity index (χ0n) is 12.6. The molecule has 0 aliphatic carbocycles. The lowest BCUT2D eigenvalue weighted by atomic mass is 10.0. The lowest BCUT2D eigenvalue weighted by Crippen LogP contribution is -2.45. The first-order chi connectivity index (χ1) is 7.76. The summed E-state index contributed by atoms with van der Waals surface area (Å²) in [4.78, 5) is 4.32. The molecule has 4 nitrogen and oxygen atoms in total. The van der Waals surface area contributed by atoms with E-state index >= 15 is 0 Å². The van der Waals surface area contributed by atoms with Crippen LogP contribution in [0.25, 0.3) is 0 Å². The summed E-state index contributed by atoms with van der Waals surface area (Å²) in [6, 6.07) is 0. The minimum atomic E-state index is -0.0368. The van der Waals surface area contributed by atoms with E-state index in [9.17, 15) is 0 Å². The summed E-state index contributed by atoms with van der Waals surface area (Å²) in [6.45, 7) is 14.0. The van der Waals surface area contributed by atoms with Crippen molar-refractivity contribution in [3.63, 3.8) is 0 Å². The Labute approximate surface area is 129 Å². The predicted octanol–water partition coefficient (Wildman–Crippen LogP) is 2.76. The number of hydrogen-bond donors (Lipinski definition) is 2. The van der Waals surface area contributed by atoms with E-state index in [1.54, 1.807) is 0 Å². The van der Waals surface area contributed by atoms with Gasteiger partial charge in [-0.15, -0.1) is 24.0 Å². The van der Waals surface area contributed by atoms with E-state index in [0.717, 1.165) is 13.0 Å². The van der Waals surface area contributed by atoms with Gasteiger partial charge in [-0.2, -0.15) is 0 Å². The molecule has 0 fully saturated rings. The van der Waals surface area contributed by atoms with Crippen molar-refractivity contribution >= 4 is 29.9 Å². The monoisotopic (exact) mass is 371 g/mol. The fourth-order valence-corrected chi connectivity index (χ4v) is 1.56. The van der Waals surface area contributed by atoms with Gasteiger partial charge in [-0.3, -0.25) is 4.99 Å². The van der Waals surface area contributed by atoms with Crippen molar-refractivity contribution in [1.82, 2.24) is 5.32 Å². The molecule has 0 saturated heterocycles. The third-order valence-corrected chi connectivity index (χ3v) is 2.32. The van der Waals surface area contributed by atoms with Crippen LogP contribution in [0.5, 0.6) is 0 Å². The van der Waals surface area contributed by atoms with Gasteiger partial charge in [-0.05, 0) is 40.0 Å². The number of nitrogens with one attached hydrogen (secondary N) is 1. The van der Waals surface area contributed by atoms with Gasteiger partial charge in [0.15, 0.2) is 5.96 Å². The van der Waals surface area contributed by atoms with Crippen LogP contribution in [0, 0.1) is 5.92 Å². The van der Waals surface area contributed by atoms with Crippen LogP contribution in [-0.2, 0) is 4.74 Å². The molecule has 0 aromatic rings. The highest BCUT2D eigenvalue weighted by Gasteiger charge is 2.13. The minimum absolute atomic E-state index is 0. The molecule has 0 saturated carbocycles. The Kier molecular flexibility index (Phi) is 11.1. The molecule has 1 atom stereocenters. The van der Waals surface area contributed by atoms with Crippen LogP contribution in [0.3, 0.4) is 0 Å². The van der Waals surface area contributed by atoms with Crippen molar-refractivity contribution < 1.29 is 4.74 Å². The molecule has 0 aliphatic heterocycles. The summed E-state index contributed by atoms with van der Waals surface area (Å²) in [5.41, 5.74) is 5.76. The Morgan fingerprint density at radius 1 is 1.33 bits per heavy atom. The first-order valence-corrected chi connectivity index (χ1v) is 6.46. The topological polar surface area (TPSA) is 59.6 Å². The molecule has 1 unspecified atom stereocenters. The maximum atomic E-state index is 5.79. The van der Waals surface area contributed by atoms with Crippen LogP contribution in [0.1, 0.15) is 48.0 Å². The standard InChI is InChI=1S/C13H29N3O.HI/c1-7-17-11(10(2)3)8-9-15-12(14)16-13(4,5)6;/h10-11H,7-9H2,1-6H3,(H3,14,15,16);1H. The van der Waals surface area contributed by atoms with Crippen molar-refractivity contribution in [2.75, 3.05) is 13.2 Å². The summed E-state index contributed by atoms with van der Waals surface area (Å²) in [5, 5.41) is 3.14. The molecule has 0 aromatic carbocycles. The number of nitrogens with two attached hydrogens (primary N) is 1. The molecule has 3 N–H and O–H groups in total. The van der Waals surface area contributed by atoms with Crippen molar-refractivity contribution in [3.8, 4) is 0 Å². The van der Waals surface area contributed by atoms with E-state index in [-0.39, 0.29) is 35.6 Å². The Bertz CT molecular complexity index is 237. The van der Waals surface area contributed by atoms with E-state index in [1.165, 1.54) is 0 Å². The number of ether oxygens (including phenoxy) is 1. The average molecular weight is 371 g/mol. The number of aliphatic imine (C=N–C) groups is 1. The Morgan fingerprint density at radius 3 is 2.28 bits per heavy atom. The third kappa shape index (κ3) is 11.1. The molecule has 0 rings (SSSR count). The molecule has 0 spiro atoms. The summed E-state index contributed by atoms with van der Waals surface area (Å²) >= 11 is 0. The summed E-state index contributed by atoms with van der Waals surface area (Å²) in [7, 11) is 0. The Morgan fingerprint density at radius 2 is 1.89 bits per heavy atom. The molecule has 0 heterocycles. The smallest absolute Gasteiger partial charge is 0.188 e. The lowest BCUT2D eigenvalue weighted by Gasteiger charge is -2.22. The first kappa shape index (κ1) is 20.3. The molecule has 0 aliphatic rings. The van der Waals surface area contributed by atoms with Gasteiger partial charge in [-0.25, -0.2) is 0 Å². The van der Waals surface area contributed by atoms with E-state index in [4.69, 9.17) is 10.5 Å². The van der Waals surface area contributed by atoms with Gasteiger partial charge in [-0.1, -0.05) is 13.8 Å². The number of guanidine groups is 1. The second-order valence-corrected chi connectivity index (χ2v) is 5.67. The molecular formula is C13H30IN3O. The fraction of sp³-hybridized carbons (Fsp3) is 0.923. The number of rotatable bonds is 6. The van der Waals surface area contributed by atoms with Crippen molar-refractivity contribution in [2.24, 2.45) is 16.6 Å². The van der Waals surface area contributed by atoms with Gasteiger partial charge in [0.1, 0.15) is 0 Å². The number of nitrogens with zero attached hydrogens (tertiary/aromatic N) is 1. The molecular weight excluding hydrogens is 341 g/mol. The number of hydrogen-bond acceptors (Lipinski definition) is 2. The Hall–Kier alpha value is -0.0400. The van der Waals surface area contributed by atoms with Crippen LogP contribution < -0.4 is 11.1 Å². The van der Waals surface area contributed by atoms with E-state index in [1.807, 2.05) is 6.92 Å². The zero-order chi connectivity index (χ0) is 13.5. The van der Waals surface area contributed by atoms with Crippen LogP contribution in [-0.4, -0.2) is 30.8 Å². The van der Waals surface area contributed by atoms with Gasteiger partial charge in [0.2, 0.25) is 0 Å². The van der Waals surface area contributed by atoms with E-state index < -0.39 is 0 Å². The van der Waals surface area contributed by atoms with Crippen LogP contribution in [0.15, 0.2) is 4.99 Å². The maximum Gasteiger partial charge on any atom is 0.188 e. The molecule has 0 amide bonds. The van der Waals surface area contributed by atoms with Crippen molar-refractivity contribution in [1.29, 1.82) is 0 Å². The van der Waals surface area contributed by atoms with Crippen molar-refractivity contribution in [2.45, 2.75) is 59.6 Å². The van der Waals surface area contributed by atoms with Crippen molar-refractivity contribution in [3.05, 3.63) is 0 Å². The second kappa shape index (κ2) is 9.83. The van der Waals surface area contributed by atoms with E-state index in [0.29, 0.717) is 18.4 Å². The minimum Gasteiger partial charge on any atom is -0.378 e. The molecule has 5 heteroatoms. The summed E-state index contributed by atoms with van der Waals surface area (Å²) in [6.07, 6.45) is 1.18. The summed E-state index contributed by atoms with van der Waals surface area (Å²) < 4.78 is 5.66. The SMILES string of the molecule is CCOC(CCN=C(N)NC(C)(C)C)C(C)C.I. The first-order valence-electron chi connectivity index (χ1n) is 6.46. The molecule has 0 radical (unpaired) electrons. The highest BCUT2D eigenvalue weighted by atomic mass is 127. The van der Waals surface area contributed by atoms with E-state index in [2.05, 4.69) is 44.9 Å². The fourth-order valence-electron chi connectivity index (χ4n) is 1.56. The normalized spacial score (nSPS) is 14.3. The van der Waals surface area contributed by atoms with Crippen LogP contribution >= 0.6 is 24.0 Å². The average Bonchev–Trinajstić information content (AvgIpc) is 2.13. The predicted molar refractivity (Wildman–Crippen MR) is 89.7 cm³/mol. The van der Waals surface area contributed by atoms with Gasteiger partial charge < -0.3 is 15.8 Å². The molecule has 0 aromatic heterocycles. The van der Waals surface area contributed by atoms with Crippen LogP contribution in [0.4, 0.5) is 0 Å². The number of halogens is 1. The Balaban J connectivity index is 0. The van der Waals surface area contributed by atoms with Gasteiger partial charge in [0.25, 0.3) is 0 Å². The zero-order valence-corrected chi connectivity index (χ0v) is 14.9. The quantitative estimate of drug-likeness (QED) is 0.429. The second-order valence-electron chi connectivity index (χ2n) is 5.67. The van der Waals surface area contributed by atoms with Crippen LogP contribution in [0.2, 0.25) is 0 Å². The van der Waals surface area contributed by atoms with Gasteiger partial charge >= 0.3 is 0 Å².